The molecule has 0 aliphatic carbocycles. The van der Waals surface area contributed by atoms with Gasteiger partial charge >= 0.3 is 12.1 Å². The van der Waals surface area contributed by atoms with Crippen molar-refractivity contribution in [2.45, 2.75) is 19.6 Å². The maximum atomic E-state index is 11.6. The third-order valence-electron chi connectivity index (χ3n) is 2.38. The Morgan fingerprint density at radius 1 is 1.19 bits per heavy atom. The molecule has 1 aromatic rings. The van der Waals surface area contributed by atoms with Gasteiger partial charge in [0.05, 0.1) is 0 Å². The van der Waals surface area contributed by atoms with Gasteiger partial charge in [0.15, 0.2) is 0 Å². The van der Waals surface area contributed by atoms with E-state index in [1.165, 1.54) is 5.48 Å². The van der Waals surface area contributed by atoms with Crippen molar-refractivity contribution in [3.8, 4) is 0 Å². The van der Waals surface area contributed by atoms with Crippen LogP contribution in [0.25, 0.3) is 0 Å². The minimum Gasteiger partial charge on any atom is -0.463 e. The lowest BCUT2D eigenvalue weighted by Crippen LogP contribution is -2.49. The fourth-order valence-corrected chi connectivity index (χ4v) is 1.37. The molecule has 3 N–H and O–H groups in total. The van der Waals surface area contributed by atoms with Crippen LogP contribution < -0.4 is 10.8 Å². The number of esters is 1. The van der Waals surface area contributed by atoms with Crippen molar-refractivity contribution in [1.82, 2.24) is 10.8 Å². The molecule has 0 spiro atoms. The zero-order valence-corrected chi connectivity index (χ0v) is 11.4. The summed E-state index contributed by atoms with van der Waals surface area (Å²) >= 11 is 0. The molecule has 0 aromatic heterocycles. The number of alkyl carbamates (subject to hydrolysis) is 1. The number of carbonyl (C=O) groups excluding carboxylic acids is 3. The molecule has 0 saturated carbocycles. The van der Waals surface area contributed by atoms with E-state index in [1.54, 1.807) is 24.3 Å². The van der Waals surface area contributed by atoms with Gasteiger partial charge in [-0.1, -0.05) is 30.3 Å². The zero-order valence-electron chi connectivity index (χ0n) is 11.4. The van der Waals surface area contributed by atoms with Crippen LogP contribution >= 0.6 is 0 Å². The van der Waals surface area contributed by atoms with Crippen molar-refractivity contribution in [1.29, 1.82) is 0 Å². The predicted octanol–water partition coefficient (Wildman–Crippen LogP) is 0.350. The Morgan fingerprint density at radius 2 is 1.86 bits per heavy atom. The molecule has 0 bridgehead atoms. The second kappa shape index (κ2) is 8.54. The molecule has 21 heavy (non-hydrogen) atoms. The Balaban J connectivity index is 2.47. The molecule has 1 aromatic carbocycles. The van der Waals surface area contributed by atoms with Gasteiger partial charge in [-0.3, -0.25) is 14.8 Å². The van der Waals surface area contributed by atoms with E-state index in [0.717, 1.165) is 12.5 Å². The molecule has 0 fully saturated rings. The largest absolute Gasteiger partial charge is 0.463 e. The molecular weight excluding hydrogens is 280 g/mol. The fraction of sp³-hybridized carbons (Fsp3) is 0.308. The molecule has 0 heterocycles. The average molecular weight is 296 g/mol. The van der Waals surface area contributed by atoms with Gasteiger partial charge in [0.2, 0.25) is 0 Å². The van der Waals surface area contributed by atoms with Crippen molar-refractivity contribution < 1.29 is 29.1 Å². The third-order valence-corrected chi connectivity index (χ3v) is 2.38. The first-order valence-electron chi connectivity index (χ1n) is 6.07. The fourth-order valence-electron chi connectivity index (χ4n) is 1.37. The van der Waals surface area contributed by atoms with Crippen LogP contribution in [0.2, 0.25) is 0 Å². The molecule has 1 atom stereocenters. The van der Waals surface area contributed by atoms with Crippen LogP contribution in [0.15, 0.2) is 30.3 Å². The SMILES string of the molecule is CC(=O)OC[C@H](NC(=O)OCc1ccccc1)C(=O)NO. The summed E-state index contributed by atoms with van der Waals surface area (Å²) in [4.78, 5) is 33.6. The first-order chi connectivity index (χ1) is 10.0. The summed E-state index contributed by atoms with van der Waals surface area (Å²) in [5.74, 6) is -1.54. The number of hydroxylamine groups is 1. The van der Waals surface area contributed by atoms with Crippen LogP contribution in [0.5, 0.6) is 0 Å². The Hall–Kier alpha value is -2.61. The molecule has 8 heteroatoms. The second-order valence-corrected chi connectivity index (χ2v) is 4.04. The number of nitrogens with one attached hydrogen (secondary N) is 2. The Kier molecular flexibility index (Phi) is 6.69. The van der Waals surface area contributed by atoms with Gasteiger partial charge in [-0.15, -0.1) is 0 Å². The van der Waals surface area contributed by atoms with Crippen LogP contribution in [0.3, 0.4) is 0 Å². The highest BCUT2D eigenvalue weighted by molar-refractivity contribution is 5.85. The number of amides is 2. The van der Waals surface area contributed by atoms with Crippen LogP contribution in [-0.2, 0) is 25.7 Å². The van der Waals surface area contributed by atoms with Crippen LogP contribution in [0, 0.1) is 0 Å². The van der Waals surface area contributed by atoms with E-state index in [9.17, 15) is 14.4 Å². The number of rotatable bonds is 6. The molecule has 0 aliphatic heterocycles. The summed E-state index contributed by atoms with van der Waals surface area (Å²) in [5, 5.41) is 10.7. The van der Waals surface area contributed by atoms with E-state index in [-0.39, 0.29) is 6.61 Å². The van der Waals surface area contributed by atoms with E-state index < -0.39 is 30.6 Å². The summed E-state index contributed by atoms with van der Waals surface area (Å²) in [6, 6.07) is 7.69. The van der Waals surface area contributed by atoms with Gasteiger partial charge < -0.3 is 14.8 Å². The number of hydrogen-bond acceptors (Lipinski definition) is 6. The summed E-state index contributed by atoms with van der Waals surface area (Å²) in [5.41, 5.74) is 2.14. The van der Waals surface area contributed by atoms with Gasteiger partial charge in [0, 0.05) is 6.92 Å². The summed E-state index contributed by atoms with van der Waals surface area (Å²) < 4.78 is 9.52. The lowest BCUT2D eigenvalue weighted by molar-refractivity contribution is -0.144. The highest BCUT2D eigenvalue weighted by Gasteiger charge is 2.22. The molecular formula is C13H16N2O6. The number of ether oxygens (including phenoxy) is 2. The van der Waals surface area contributed by atoms with Crippen LogP contribution in [-0.4, -0.2) is 35.8 Å². The normalized spacial score (nSPS) is 11.1. The Bertz CT molecular complexity index is 491. The topological polar surface area (TPSA) is 114 Å². The van der Waals surface area contributed by atoms with E-state index in [4.69, 9.17) is 9.94 Å². The summed E-state index contributed by atoms with van der Waals surface area (Å²) in [6.07, 6.45) is -0.875. The van der Waals surface area contributed by atoms with Gasteiger partial charge in [-0.25, -0.2) is 10.3 Å². The highest BCUT2D eigenvalue weighted by atomic mass is 16.6. The van der Waals surface area contributed by atoms with Crippen molar-refractivity contribution in [2.75, 3.05) is 6.61 Å². The highest BCUT2D eigenvalue weighted by Crippen LogP contribution is 2.01. The molecule has 8 nitrogen and oxygen atoms in total. The molecule has 114 valence electrons. The lowest BCUT2D eigenvalue weighted by atomic mass is 10.2. The average Bonchev–Trinajstić information content (AvgIpc) is 2.49. The molecule has 0 radical (unpaired) electrons. The van der Waals surface area contributed by atoms with Gasteiger partial charge in [0.1, 0.15) is 19.3 Å². The maximum Gasteiger partial charge on any atom is 0.408 e. The van der Waals surface area contributed by atoms with Crippen molar-refractivity contribution in [2.24, 2.45) is 0 Å². The minimum absolute atomic E-state index is 0.0215. The van der Waals surface area contributed by atoms with Crippen molar-refractivity contribution in [3.63, 3.8) is 0 Å². The van der Waals surface area contributed by atoms with Crippen LogP contribution in [0.1, 0.15) is 12.5 Å². The maximum absolute atomic E-state index is 11.6. The third kappa shape index (κ3) is 6.39. The van der Waals surface area contributed by atoms with Crippen LogP contribution in [0.4, 0.5) is 4.79 Å². The lowest BCUT2D eigenvalue weighted by Gasteiger charge is -2.16. The van der Waals surface area contributed by atoms with Gasteiger partial charge in [0.25, 0.3) is 5.91 Å². The van der Waals surface area contributed by atoms with E-state index in [2.05, 4.69) is 10.1 Å². The van der Waals surface area contributed by atoms with E-state index >= 15 is 0 Å². The van der Waals surface area contributed by atoms with E-state index in [1.807, 2.05) is 6.07 Å². The monoisotopic (exact) mass is 296 g/mol. The standard InChI is InChI=1S/C13H16N2O6/c1-9(16)20-8-11(12(17)15-19)14-13(18)21-7-10-5-3-2-4-6-10/h2-6,11,19H,7-8H2,1H3,(H,14,18)(H,15,17)/t11-/m0/s1. The zero-order chi connectivity index (χ0) is 15.7. The summed E-state index contributed by atoms with van der Waals surface area (Å²) in [7, 11) is 0. The molecule has 0 aliphatic rings. The second-order valence-electron chi connectivity index (χ2n) is 4.04. The molecule has 0 unspecified atom stereocenters. The molecule has 1 rings (SSSR count). The van der Waals surface area contributed by atoms with Gasteiger partial charge in [-0.2, -0.15) is 0 Å². The first-order valence-corrected chi connectivity index (χ1v) is 6.07. The molecule has 0 saturated heterocycles. The number of hydrogen-bond donors (Lipinski definition) is 3. The molecule has 2 amide bonds. The van der Waals surface area contributed by atoms with E-state index in [0.29, 0.717) is 0 Å². The van der Waals surface area contributed by atoms with Crippen molar-refractivity contribution >= 4 is 18.0 Å². The number of carbonyl (C=O) groups is 3. The van der Waals surface area contributed by atoms with Crippen molar-refractivity contribution in [3.05, 3.63) is 35.9 Å². The van der Waals surface area contributed by atoms with Gasteiger partial charge in [-0.05, 0) is 5.56 Å². The summed E-state index contributed by atoms with van der Waals surface area (Å²) in [6.45, 7) is 0.761. The Morgan fingerprint density at radius 3 is 2.43 bits per heavy atom. The first kappa shape index (κ1) is 16.4. The number of benzene rings is 1. The minimum atomic E-state index is -1.25. The smallest absolute Gasteiger partial charge is 0.408 e. The predicted molar refractivity (Wildman–Crippen MR) is 70.1 cm³/mol. The Labute approximate surface area is 121 Å². The quantitative estimate of drug-likeness (QED) is 0.396.